The van der Waals surface area contributed by atoms with Crippen molar-refractivity contribution in [3.63, 3.8) is 0 Å². The number of carbonyl (C=O) groups is 3. The maximum absolute atomic E-state index is 13.6. The molecule has 2 heterocycles. The summed E-state index contributed by atoms with van der Waals surface area (Å²) in [6.45, 7) is 10.2. The number of aryl methyl sites for hydroxylation is 1. The molecule has 0 radical (unpaired) electrons. The molecule has 0 spiro atoms. The van der Waals surface area contributed by atoms with Gasteiger partial charge in [0, 0.05) is 48.9 Å². The Balaban J connectivity index is 1.28. The zero-order valence-electron chi connectivity index (χ0n) is 30.7. The Morgan fingerprint density at radius 2 is 1.31 bits per heavy atom. The lowest BCUT2D eigenvalue weighted by molar-refractivity contribution is -0.142. The van der Waals surface area contributed by atoms with E-state index in [-0.39, 0.29) is 30.5 Å². The predicted molar refractivity (Wildman–Crippen MR) is 200 cm³/mol. The third kappa shape index (κ3) is 9.74. The molecule has 11 heteroatoms. The highest BCUT2D eigenvalue weighted by Gasteiger charge is 2.32. The monoisotopic (exact) mass is 700 g/mol. The zero-order chi connectivity index (χ0) is 37.1. The van der Waals surface area contributed by atoms with Gasteiger partial charge in [0.25, 0.3) is 11.8 Å². The first-order valence-electron chi connectivity index (χ1n) is 17.6. The summed E-state index contributed by atoms with van der Waals surface area (Å²) >= 11 is 0. The Morgan fingerprint density at radius 1 is 0.784 bits per heavy atom. The number of methoxy groups -OCH3 is 1. The summed E-state index contributed by atoms with van der Waals surface area (Å²) in [5.74, 6) is 0.749. The Bertz CT molecular complexity index is 1710. The minimum atomic E-state index is -0.393. The molecule has 0 saturated heterocycles. The van der Waals surface area contributed by atoms with E-state index in [0.717, 1.165) is 48.8 Å². The molecular weight excluding hydrogens is 648 g/mol. The van der Waals surface area contributed by atoms with Crippen molar-refractivity contribution in [2.75, 3.05) is 38.4 Å². The topological polar surface area (TPSA) is 147 Å². The number of hydrogen-bond donors (Lipinski definition) is 2. The molecular formula is C40H52N4O7. The number of esters is 1. The molecule has 2 unspecified atom stereocenters. The van der Waals surface area contributed by atoms with Crippen LogP contribution in [0.5, 0.6) is 17.2 Å². The van der Waals surface area contributed by atoms with Crippen LogP contribution in [0.1, 0.15) is 92.5 Å². The minimum Gasteiger partial charge on any atom is -0.493 e. The van der Waals surface area contributed by atoms with Gasteiger partial charge in [0.2, 0.25) is 0 Å². The molecule has 2 aromatic carbocycles. The average molecular weight is 701 g/mol. The average Bonchev–Trinajstić information content (AvgIpc) is 3.71. The fourth-order valence-corrected chi connectivity index (χ4v) is 6.31. The lowest BCUT2D eigenvalue weighted by Crippen LogP contribution is -2.37. The maximum Gasteiger partial charge on any atom is 0.302 e. The molecule has 11 nitrogen and oxygen atoms in total. The molecule has 0 aromatic heterocycles. The van der Waals surface area contributed by atoms with E-state index < -0.39 is 5.97 Å². The van der Waals surface area contributed by atoms with E-state index in [0.29, 0.717) is 59.4 Å². The Hall–Kier alpha value is -5.19. The highest BCUT2D eigenvalue weighted by atomic mass is 16.5. The van der Waals surface area contributed by atoms with Crippen molar-refractivity contribution in [3.8, 4) is 17.2 Å². The fourth-order valence-electron chi connectivity index (χ4n) is 6.31. The van der Waals surface area contributed by atoms with Gasteiger partial charge in [0.1, 0.15) is 12.4 Å². The third-order valence-corrected chi connectivity index (χ3v) is 8.97. The van der Waals surface area contributed by atoms with Crippen LogP contribution in [0.4, 0.5) is 11.4 Å². The number of allylic oxidation sites excluding steroid dienone is 4. The van der Waals surface area contributed by atoms with Crippen LogP contribution in [0.2, 0.25) is 0 Å². The number of nitrogens with zero attached hydrogens (tertiary/aromatic N) is 2. The molecule has 0 aliphatic carbocycles. The minimum absolute atomic E-state index is 0.0855. The van der Waals surface area contributed by atoms with Crippen LogP contribution in [0.15, 0.2) is 72.1 Å². The van der Waals surface area contributed by atoms with Crippen LogP contribution in [-0.4, -0.2) is 66.6 Å². The lowest BCUT2D eigenvalue weighted by atomic mass is 10.1. The number of benzene rings is 2. The molecule has 0 saturated carbocycles. The molecule has 0 fully saturated rings. The van der Waals surface area contributed by atoms with Gasteiger partial charge >= 0.3 is 5.97 Å². The van der Waals surface area contributed by atoms with Gasteiger partial charge in [-0.2, -0.15) is 0 Å². The van der Waals surface area contributed by atoms with Crippen LogP contribution in [0.25, 0.3) is 0 Å². The summed E-state index contributed by atoms with van der Waals surface area (Å²) in [5, 5.41) is 0. The molecule has 0 bridgehead atoms. The fraction of sp³-hybridized carbons (Fsp3) is 0.425. The van der Waals surface area contributed by atoms with Crippen molar-refractivity contribution in [2.45, 2.75) is 85.2 Å². The lowest BCUT2D eigenvalue weighted by Gasteiger charge is -2.24. The van der Waals surface area contributed by atoms with Gasteiger partial charge in [-0.3, -0.25) is 14.4 Å². The number of amides is 2. The number of unbranched alkanes of at least 4 members (excludes halogenated alkanes) is 2. The number of nitrogen functional groups attached to an aromatic ring is 2. The Kier molecular flexibility index (Phi) is 13.8. The second kappa shape index (κ2) is 18.2. The zero-order valence-corrected chi connectivity index (χ0v) is 30.7. The summed E-state index contributed by atoms with van der Waals surface area (Å²) in [6, 6.07) is 6.53. The Morgan fingerprint density at radius 3 is 1.86 bits per heavy atom. The van der Waals surface area contributed by atoms with Gasteiger partial charge in [0.15, 0.2) is 11.5 Å². The van der Waals surface area contributed by atoms with Gasteiger partial charge in [-0.1, -0.05) is 31.2 Å². The molecule has 274 valence electrons. The first-order chi connectivity index (χ1) is 24.5. The van der Waals surface area contributed by atoms with Crippen molar-refractivity contribution in [1.82, 2.24) is 9.80 Å². The number of carbonyl (C=O) groups excluding carboxylic acids is 3. The number of hydrogen-bond acceptors (Lipinski definition) is 9. The second-order valence-electron chi connectivity index (χ2n) is 12.8. The van der Waals surface area contributed by atoms with E-state index >= 15 is 0 Å². The summed E-state index contributed by atoms with van der Waals surface area (Å²) in [4.78, 5) is 41.8. The summed E-state index contributed by atoms with van der Waals surface area (Å²) in [7, 11) is 1.54. The third-order valence-electron chi connectivity index (χ3n) is 8.97. The number of rotatable bonds is 16. The molecule has 2 aliphatic rings. The highest BCUT2D eigenvalue weighted by Crippen LogP contribution is 2.35. The largest absolute Gasteiger partial charge is 0.493 e. The normalized spacial score (nSPS) is 17.2. The molecule has 2 amide bonds. The van der Waals surface area contributed by atoms with Crippen LogP contribution in [-0.2, 0) is 9.53 Å². The van der Waals surface area contributed by atoms with Gasteiger partial charge in [-0.15, -0.1) is 0 Å². The van der Waals surface area contributed by atoms with Crippen molar-refractivity contribution < 1.29 is 33.3 Å². The SMILES string of the molecule is C/C=C/C1=CN(C(=O)c2cc(OC)c(OCCCCCOc3cc(N)c(C(=O)N4C=C(/C=C/C)CC4COC(C)=O)cc3C)cc2N)C(CC)C1. The number of nitrogens with two attached hydrogens (primary N) is 2. The van der Waals surface area contributed by atoms with Crippen LogP contribution >= 0.6 is 0 Å². The first kappa shape index (κ1) is 38.6. The van der Waals surface area contributed by atoms with Crippen LogP contribution in [0, 0.1) is 6.92 Å². The first-order valence-corrected chi connectivity index (χ1v) is 17.6. The van der Waals surface area contributed by atoms with Gasteiger partial charge in [0.05, 0.1) is 37.5 Å². The van der Waals surface area contributed by atoms with E-state index in [2.05, 4.69) is 6.92 Å². The van der Waals surface area contributed by atoms with Crippen LogP contribution in [0.3, 0.4) is 0 Å². The van der Waals surface area contributed by atoms with Crippen molar-refractivity contribution in [3.05, 3.63) is 88.8 Å². The smallest absolute Gasteiger partial charge is 0.302 e. The molecule has 2 aliphatic heterocycles. The predicted octanol–water partition coefficient (Wildman–Crippen LogP) is 7.12. The molecule has 4 N–H and O–H groups in total. The summed E-state index contributed by atoms with van der Waals surface area (Å²) in [6.07, 6.45) is 16.2. The van der Waals surface area contributed by atoms with Gasteiger partial charge < -0.3 is 40.2 Å². The number of anilines is 2. The van der Waals surface area contributed by atoms with E-state index in [1.165, 1.54) is 6.92 Å². The summed E-state index contributed by atoms with van der Waals surface area (Å²) in [5.41, 5.74) is 17.0. The number of ether oxygens (including phenoxy) is 4. The Labute approximate surface area is 301 Å². The molecule has 2 aromatic rings. The van der Waals surface area contributed by atoms with E-state index in [1.807, 2.05) is 51.3 Å². The second-order valence-corrected chi connectivity index (χ2v) is 12.8. The van der Waals surface area contributed by atoms with Crippen molar-refractivity contribution >= 4 is 29.2 Å². The van der Waals surface area contributed by atoms with Gasteiger partial charge in [-0.25, -0.2) is 0 Å². The highest BCUT2D eigenvalue weighted by molar-refractivity contribution is 6.01. The quantitative estimate of drug-likeness (QED) is 0.106. The standard InChI is InChI=1S/C40H52N4O7/c1-7-13-28-18-30(9-3)43(23-28)40(47)33-20-37(48-6)38(22-35(33)42)50-16-12-10-11-15-49-36-21-34(41)32(17-26(36)4)39(46)44-24-29(14-8-2)19-31(44)25-51-27(5)45/h7-8,13-14,17,20-24,30-31H,9-12,15-16,18-19,25,41-42H2,1-6H3/b13-7+,14-8+. The molecule has 2 atom stereocenters. The van der Waals surface area contributed by atoms with Crippen LogP contribution < -0.4 is 25.7 Å². The van der Waals surface area contributed by atoms with Gasteiger partial charge in [-0.05, 0) is 88.1 Å². The van der Waals surface area contributed by atoms with E-state index in [4.69, 9.17) is 30.4 Å². The van der Waals surface area contributed by atoms with E-state index in [1.54, 1.807) is 47.4 Å². The van der Waals surface area contributed by atoms with Crippen molar-refractivity contribution in [1.29, 1.82) is 0 Å². The van der Waals surface area contributed by atoms with E-state index in [9.17, 15) is 14.4 Å². The molecule has 51 heavy (non-hydrogen) atoms. The molecule has 4 rings (SSSR count). The van der Waals surface area contributed by atoms with Crippen molar-refractivity contribution in [2.24, 2.45) is 0 Å². The summed E-state index contributed by atoms with van der Waals surface area (Å²) < 4.78 is 22.8. The maximum atomic E-state index is 13.6.